The van der Waals surface area contributed by atoms with Crippen LogP contribution in [0.25, 0.3) is 11.3 Å². The van der Waals surface area contributed by atoms with Gasteiger partial charge in [0, 0.05) is 41.5 Å². The maximum absolute atomic E-state index is 9.55. The minimum Gasteiger partial charge on any atom is -0.478 e. The molecule has 3 atom stereocenters. The fourth-order valence-electron chi connectivity index (χ4n) is 4.59. The Morgan fingerprint density at radius 2 is 1.86 bits per heavy atom. The minimum atomic E-state index is -1.26. The molecule has 3 heterocycles. The summed E-state index contributed by atoms with van der Waals surface area (Å²) in [7, 11) is 0. The van der Waals surface area contributed by atoms with Crippen molar-refractivity contribution >= 4 is 23.3 Å². The van der Waals surface area contributed by atoms with Gasteiger partial charge in [-0.05, 0) is 43.8 Å². The van der Waals surface area contributed by atoms with E-state index in [0.29, 0.717) is 12.2 Å². The number of carboxylic acids is 2. The number of carbonyl (C=O) groups is 2. The van der Waals surface area contributed by atoms with E-state index in [4.69, 9.17) is 15.2 Å². The lowest BCUT2D eigenvalue weighted by Crippen LogP contribution is -2.43. The lowest BCUT2D eigenvalue weighted by molar-refractivity contribution is -0.134. The Balaban J connectivity index is 0.000000221. The Morgan fingerprint density at radius 1 is 1.10 bits per heavy atom. The number of aromatic nitrogens is 1. The molecule has 5 rings (SSSR count). The number of nitrogens with zero attached hydrogens (tertiary/aromatic N) is 2. The van der Waals surface area contributed by atoms with Crippen LogP contribution >= 0.6 is 11.3 Å². The Bertz CT molecular complexity index is 936. The Labute approximate surface area is 173 Å². The van der Waals surface area contributed by atoms with E-state index in [2.05, 4.69) is 29.2 Å². The smallest absolute Gasteiger partial charge is 0.328 e. The quantitative estimate of drug-likeness (QED) is 0.639. The number of thiazole rings is 1. The summed E-state index contributed by atoms with van der Waals surface area (Å²) in [4.78, 5) is 28.4. The van der Waals surface area contributed by atoms with E-state index in [9.17, 15) is 9.59 Å². The van der Waals surface area contributed by atoms with Crippen LogP contribution in [0, 0.1) is 5.92 Å². The van der Waals surface area contributed by atoms with Crippen molar-refractivity contribution in [2.75, 3.05) is 19.6 Å². The maximum atomic E-state index is 9.55. The first-order chi connectivity index (χ1) is 14.0. The van der Waals surface area contributed by atoms with Crippen LogP contribution in [-0.2, 0) is 16.0 Å². The predicted molar refractivity (Wildman–Crippen MR) is 111 cm³/mol. The van der Waals surface area contributed by atoms with Crippen molar-refractivity contribution < 1.29 is 19.8 Å². The number of fused-ring (bicyclic) bond motifs is 5. The van der Waals surface area contributed by atoms with Crippen LogP contribution in [0.15, 0.2) is 36.4 Å². The molecule has 0 radical (unpaired) electrons. The molecule has 2 fully saturated rings. The molecule has 3 aliphatic rings. The number of hydrogen-bond donors (Lipinski definition) is 2. The normalized spacial score (nSPS) is 24.3. The van der Waals surface area contributed by atoms with Crippen molar-refractivity contribution in [2.24, 2.45) is 5.92 Å². The van der Waals surface area contributed by atoms with Gasteiger partial charge in [-0.25, -0.2) is 14.6 Å². The van der Waals surface area contributed by atoms with Gasteiger partial charge >= 0.3 is 11.9 Å². The first-order valence-electron chi connectivity index (χ1n) is 9.95. The van der Waals surface area contributed by atoms with Gasteiger partial charge in [-0.15, -0.1) is 11.3 Å². The number of carboxylic acid groups (broad SMARTS) is 2. The van der Waals surface area contributed by atoms with Gasteiger partial charge < -0.3 is 15.1 Å². The molecule has 0 saturated carbocycles. The van der Waals surface area contributed by atoms with E-state index in [1.54, 1.807) is 0 Å². The lowest BCUT2D eigenvalue weighted by atomic mass is 9.80. The zero-order chi connectivity index (χ0) is 20.4. The van der Waals surface area contributed by atoms with Crippen molar-refractivity contribution in [1.82, 2.24) is 9.88 Å². The number of piperidine rings is 2. The van der Waals surface area contributed by atoms with Gasteiger partial charge in [-0.3, -0.25) is 0 Å². The van der Waals surface area contributed by atoms with Crippen molar-refractivity contribution in [3.8, 4) is 11.3 Å². The van der Waals surface area contributed by atoms with Crippen LogP contribution in [0.5, 0.6) is 0 Å². The summed E-state index contributed by atoms with van der Waals surface area (Å²) in [5, 5.41) is 17.1. The van der Waals surface area contributed by atoms with Gasteiger partial charge in [0.2, 0.25) is 0 Å². The third-order valence-corrected chi connectivity index (χ3v) is 7.08. The maximum Gasteiger partial charge on any atom is 0.328 e. The predicted octanol–water partition coefficient (Wildman–Crippen LogP) is 3.63. The van der Waals surface area contributed by atoms with Crippen LogP contribution in [0.4, 0.5) is 0 Å². The van der Waals surface area contributed by atoms with Crippen molar-refractivity contribution in [1.29, 1.82) is 0 Å². The van der Waals surface area contributed by atoms with Crippen molar-refractivity contribution in [3.05, 3.63) is 51.9 Å². The second kappa shape index (κ2) is 8.47. The SMILES string of the molecule is O=C(O)/C=C/C(=O)O.c1ccc2c(c1)Cc1sc(C3CCN4CCCC3C4)nc1-2. The molecule has 1 aromatic carbocycles. The highest BCUT2D eigenvalue weighted by Crippen LogP contribution is 2.45. The molecule has 3 unspecified atom stereocenters. The molecule has 0 spiro atoms. The molecule has 1 aromatic heterocycles. The van der Waals surface area contributed by atoms with E-state index in [1.165, 1.54) is 65.6 Å². The fraction of sp³-hybridized carbons (Fsp3) is 0.409. The molecule has 2 N–H and O–H groups in total. The van der Waals surface area contributed by atoms with E-state index < -0.39 is 11.9 Å². The number of hydrogen-bond acceptors (Lipinski definition) is 5. The summed E-state index contributed by atoms with van der Waals surface area (Å²) in [6.07, 6.45) is 6.33. The largest absolute Gasteiger partial charge is 0.478 e. The van der Waals surface area contributed by atoms with Gasteiger partial charge in [-0.2, -0.15) is 0 Å². The van der Waals surface area contributed by atoms with Crippen molar-refractivity contribution in [2.45, 2.75) is 31.6 Å². The zero-order valence-corrected chi connectivity index (χ0v) is 16.9. The van der Waals surface area contributed by atoms with E-state index in [-0.39, 0.29) is 0 Å². The summed E-state index contributed by atoms with van der Waals surface area (Å²) in [5.74, 6) is -0.932. The highest BCUT2D eigenvalue weighted by atomic mass is 32.1. The van der Waals surface area contributed by atoms with E-state index >= 15 is 0 Å². The highest BCUT2D eigenvalue weighted by Gasteiger charge is 2.35. The highest BCUT2D eigenvalue weighted by molar-refractivity contribution is 7.12. The van der Waals surface area contributed by atoms with E-state index in [1.807, 2.05) is 11.3 Å². The topological polar surface area (TPSA) is 90.7 Å². The van der Waals surface area contributed by atoms with Gasteiger partial charge in [0.25, 0.3) is 0 Å². The fourth-order valence-corrected chi connectivity index (χ4v) is 5.92. The van der Waals surface area contributed by atoms with Gasteiger partial charge in [0.15, 0.2) is 0 Å². The molecular weight excluding hydrogens is 388 g/mol. The Morgan fingerprint density at radius 3 is 2.62 bits per heavy atom. The molecule has 29 heavy (non-hydrogen) atoms. The number of benzene rings is 1. The molecule has 6 nitrogen and oxygen atoms in total. The van der Waals surface area contributed by atoms with Crippen LogP contribution in [0.1, 0.15) is 40.6 Å². The molecule has 1 aliphatic carbocycles. The monoisotopic (exact) mass is 412 g/mol. The Kier molecular flexibility index (Phi) is 5.78. The van der Waals surface area contributed by atoms with Crippen LogP contribution in [0.3, 0.4) is 0 Å². The third-order valence-electron chi connectivity index (χ3n) is 5.89. The molecule has 2 bridgehead atoms. The minimum absolute atomic E-state index is 0.558. The first kappa shape index (κ1) is 19.8. The molecule has 0 amide bonds. The Hall–Kier alpha value is -2.51. The zero-order valence-electron chi connectivity index (χ0n) is 16.1. The summed E-state index contributed by atoms with van der Waals surface area (Å²) >= 11 is 2.00. The molecule has 7 heteroatoms. The number of rotatable bonds is 3. The van der Waals surface area contributed by atoms with Gasteiger partial charge in [0.05, 0.1) is 10.7 Å². The molecular formula is C22H24N2O4S. The van der Waals surface area contributed by atoms with Crippen molar-refractivity contribution in [3.63, 3.8) is 0 Å². The van der Waals surface area contributed by atoms with Crippen LogP contribution in [0.2, 0.25) is 0 Å². The average Bonchev–Trinajstić information content (AvgIpc) is 3.25. The summed E-state index contributed by atoms with van der Waals surface area (Å²) in [6, 6.07) is 8.79. The first-order valence-corrected chi connectivity index (χ1v) is 10.8. The van der Waals surface area contributed by atoms with Gasteiger partial charge in [0.1, 0.15) is 0 Å². The summed E-state index contributed by atoms with van der Waals surface area (Å²) < 4.78 is 0. The molecule has 2 aromatic rings. The standard InChI is InChI=1S/C18H20N2S.C4H4O4/c1-2-6-14-12(4-1)10-16-17(14)19-18(21-16)15-7-9-20-8-3-5-13(15)11-20;5-3(6)1-2-4(7)8/h1-2,4,6,13,15H,3,5,7-11H2;1-2H,(H,5,6)(H,7,8)/b;2-1+. The molecule has 152 valence electrons. The summed E-state index contributed by atoms with van der Waals surface area (Å²) in [5.41, 5.74) is 4.14. The second-order valence-corrected chi connectivity index (χ2v) is 8.88. The van der Waals surface area contributed by atoms with Crippen LogP contribution in [-0.4, -0.2) is 51.7 Å². The third kappa shape index (κ3) is 4.41. The second-order valence-electron chi connectivity index (χ2n) is 7.77. The lowest BCUT2D eigenvalue weighted by Gasteiger charge is -2.41. The van der Waals surface area contributed by atoms with E-state index in [0.717, 1.165) is 18.3 Å². The average molecular weight is 413 g/mol. The molecule has 2 saturated heterocycles. The number of aliphatic carboxylic acids is 2. The van der Waals surface area contributed by atoms with Gasteiger partial charge in [-0.1, -0.05) is 24.3 Å². The summed E-state index contributed by atoms with van der Waals surface area (Å²) in [6.45, 7) is 3.92. The molecule has 2 aliphatic heterocycles. The van der Waals surface area contributed by atoms with Crippen LogP contribution < -0.4 is 0 Å².